The van der Waals surface area contributed by atoms with Crippen molar-refractivity contribution in [3.05, 3.63) is 15.9 Å². The normalized spacial score (nSPS) is 10.0. The summed E-state index contributed by atoms with van der Waals surface area (Å²) in [5, 5.41) is 12.1. The van der Waals surface area contributed by atoms with Gasteiger partial charge in [-0.25, -0.2) is 4.79 Å². The van der Waals surface area contributed by atoms with Gasteiger partial charge < -0.3 is 9.63 Å². The number of aromatic carboxylic acids is 1. The SMILES string of the molecule is CCc1noc(C(=O)O)c1Br. The molecule has 0 spiro atoms. The molecule has 4 nitrogen and oxygen atoms in total. The number of aryl methyl sites for hydroxylation is 1. The van der Waals surface area contributed by atoms with Gasteiger partial charge in [0.2, 0.25) is 0 Å². The van der Waals surface area contributed by atoms with Gasteiger partial charge in [0.1, 0.15) is 0 Å². The van der Waals surface area contributed by atoms with Crippen LogP contribution < -0.4 is 0 Å². The maximum atomic E-state index is 10.4. The smallest absolute Gasteiger partial charge is 0.375 e. The summed E-state index contributed by atoms with van der Waals surface area (Å²) < 4.78 is 4.99. The molecule has 0 amide bonds. The lowest BCUT2D eigenvalue weighted by atomic mass is 10.3. The molecule has 0 saturated heterocycles. The maximum Gasteiger partial charge on any atom is 0.375 e. The van der Waals surface area contributed by atoms with Crippen molar-refractivity contribution in [1.29, 1.82) is 0 Å². The fraction of sp³-hybridized carbons (Fsp3) is 0.333. The number of aromatic nitrogens is 1. The minimum Gasteiger partial charge on any atom is -0.475 e. The van der Waals surface area contributed by atoms with Crippen LogP contribution in [-0.2, 0) is 6.42 Å². The number of rotatable bonds is 2. The highest BCUT2D eigenvalue weighted by Gasteiger charge is 2.17. The Labute approximate surface area is 71.3 Å². The number of nitrogens with zero attached hydrogens (tertiary/aromatic N) is 1. The molecule has 0 unspecified atom stereocenters. The van der Waals surface area contributed by atoms with Gasteiger partial charge in [0, 0.05) is 0 Å². The van der Waals surface area contributed by atoms with Crippen LogP contribution in [0, 0.1) is 0 Å². The zero-order valence-electron chi connectivity index (χ0n) is 5.80. The second-order valence-corrected chi connectivity index (χ2v) is 2.72. The van der Waals surface area contributed by atoms with Crippen LogP contribution >= 0.6 is 15.9 Å². The molecule has 0 saturated carbocycles. The quantitative estimate of drug-likeness (QED) is 0.823. The lowest BCUT2D eigenvalue weighted by Crippen LogP contribution is -1.94. The van der Waals surface area contributed by atoms with Gasteiger partial charge in [0.05, 0.1) is 10.2 Å². The summed E-state index contributed by atoms with van der Waals surface area (Å²) in [5.41, 5.74) is 0.627. The molecule has 0 aromatic carbocycles. The Morgan fingerprint density at radius 2 is 2.45 bits per heavy atom. The number of carbonyl (C=O) groups is 1. The second kappa shape index (κ2) is 3.04. The Morgan fingerprint density at radius 1 is 1.82 bits per heavy atom. The van der Waals surface area contributed by atoms with Crippen LogP contribution in [0.15, 0.2) is 9.00 Å². The number of carboxylic acid groups (broad SMARTS) is 1. The van der Waals surface area contributed by atoms with Crippen LogP contribution in [0.25, 0.3) is 0 Å². The van der Waals surface area contributed by atoms with Crippen LogP contribution in [0.4, 0.5) is 0 Å². The van der Waals surface area contributed by atoms with Crippen LogP contribution in [0.3, 0.4) is 0 Å². The molecule has 1 rings (SSSR count). The van der Waals surface area contributed by atoms with Gasteiger partial charge in [0.15, 0.2) is 0 Å². The molecule has 0 atom stereocenters. The monoisotopic (exact) mass is 219 g/mol. The van der Waals surface area contributed by atoms with Gasteiger partial charge in [-0.2, -0.15) is 0 Å². The van der Waals surface area contributed by atoms with Gasteiger partial charge in [-0.1, -0.05) is 12.1 Å². The van der Waals surface area contributed by atoms with Crippen molar-refractivity contribution in [3.8, 4) is 0 Å². The third kappa shape index (κ3) is 1.42. The summed E-state index contributed by atoms with van der Waals surface area (Å²) in [5.74, 6) is -1.24. The van der Waals surface area contributed by atoms with E-state index in [9.17, 15) is 4.79 Å². The van der Waals surface area contributed by atoms with E-state index in [4.69, 9.17) is 5.11 Å². The molecule has 1 N–H and O–H groups in total. The van der Waals surface area contributed by atoms with Crippen molar-refractivity contribution in [3.63, 3.8) is 0 Å². The number of halogens is 1. The molecule has 0 bridgehead atoms. The highest BCUT2D eigenvalue weighted by Crippen LogP contribution is 2.21. The molecule has 60 valence electrons. The molecule has 1 aromatic heterocycles. The van der Waals surface area contributed by atoms with E-state index in [-0.39, 0.29) is 5.76 Å². The lowest BCUT2D eigenvalue weighted by molar-refractivity contribution is 0.0650. The third-order valence-corrected chi connectivity index (χ3v) is 2.05. The fourth-order valence-corrected chi connectivity index (χ4v) is 1.26. The van der Waals surface area contributed by atoms with Crippen LogP contribution in [0.1, 0.15) is 23.2 Å². The van der Waals surface area contributed by atoms with E-state index in [1.807, 2.05) is 6.92 Å². The Kier molecular flexibility index (Phi) is 2.28. The van der Waals surface area contributed by atoms with Crippen molar-refractivity contribution < 1.29 is 14.4 Å². The topological polar surface area (TPSA) is 63.3 Å². The van der Waals surface area contributed by atoms with Gasteiger partial charge in [-0.15, -0.1) is 0 Å². The first-order valence-electron chi connectivity index (χ1n) is 3.04. The lowest BCUT2D eigenvalue weighted by Gasteiger charge is -1.85. The van der Waals surface area contributed by atoms with Crippen molar-refractivity contribution >= 4 is 21.9 Å². The van der Waals surface area contributed by atoms with Gasteiger partial charge in [0.25, 0.3) is 5.76 Å². The number of hydrogen-bond acceptors (Lipinski definition) is 3. The summed E-state index contributed by atoms with van der Waals surface area (Å²) in [6, 6.07) is 0. The largest absolute Gasteiger partial charge is 0.475 e. The van der Waals surface area contributed by atoms with Gasteiger partial charge in [-0.05, 0) is 22.4 Å². The summed E-state index contributed by atoms with van der Waals surface area (Å²) in [6.07, 6.45) is 0.650. The van der Waals surface area contributed by atoms with Crippen LogP contribution in [0.5, 0.6) is 0 Å². The predicted octanol–water partition coefficient (Wildman–Crippen LogP) is 1.70. The maximum absolute atomic E-state index is 10.4. The summed E-state index contributed by atoms with van der Waals surface area (Å²) in [7, 11) is 0. The average Bonchev–Trinajstić information content (AvgIpc) is 2.30. The van der Waals surface area contributed by atoms with Crippen LogP contribution in [0.2, 0.25) is 0 Å². The number of carboxylic acids is 1. The molecule has 0 aliphatic rings. The average molecular weight is 220 g/mol. The molecule has 0 aliphatic carbocycles. The first-order valence-corrected chi connectivity index (χ1v) is 3.83. The van der Waals surface area contributed by atoms with Crippen molar-refractivity contribution in [2.45, 2.75) is 13.3 Å². The molecule has 1 heterocycles. The molecule has 11 heavy (non-hydrogen) atoms. The molecule has 0 fully saturated rings. The van der Waals surface area contributed by atoms with E-state index in [0.29, 0.717) is 16.6 Å². The van der Waals surface area contributed by atoms with Crippen LogP contribution in [-0.4, -0.2) is 16.2 Å². The third-order valence-electron chi connectivity index (χ3n) is 1.23. The zero-order chi connectivity index (χ0) is 8.43. The Bertz CT molecular complexity index is 281. The van der Waals surface area contributed by atoms with E-state index in [2.05, 4.69) is 25.6 Å². The first-order chi connectivity index (χ1) is 5.16. The summed E-state index contributed by atoms with van der Waals surface area (Å²) in [6.45, 7) is 1.87. The van der Waals surface area contributed by atoms with E-state index >= 15 is 0 Å². The predicted molar refractivity (Wildman–Crippen MR) is 40.5 cm³/mol. The minimum atomic E-state index is -1.11. The van der Waals surface area contributed by atoms with E-state index in [0.717, 1.165) is 0 Å². The Morgan fingerprint density at radius 3 is 2.73 bits per heavy atom. The zero-order valence-corrected chi connectivity index (χ0v) is 7.38. The highest BCUT2D eigenvalue weighted by molar-refractivity contribution is 9.10. The van der Waals surface area contributed by atoms with Crippen molar-refractivity contribution in [1.82, 2.24) is 5.16 Å². The van der Waals surface area contributed by atoms with E-state index in [1.54, 1.807) is 0 Å². The van der Waals surface area contributed by atoms with Gasteiger partial charge >= 0.3 is 5.97 Å². The molecular weight excluding hydrogens is 214 g/mol. The van der Waals surface area contributed by atoms with E-state index < -0.39 is 5.97 Å². The Balaban J connectivity index is 3.10. The van der Waals surface area contributed by atoms with Crippen molar-refractivity contribution in [2.75, 3.05) is 0 Å². The Hall–Kier alpha value is -0.840. The summed E-state index contributed by atoms with van der Waals surface area (Å²) in [4.78, 5) is 10.4. The summed E-state index contributed by atoms with van der Waals surface area (Å²) >= 11 is 3.07. The number of hydrogen-bond donors (Lipinski definition) is 1. The first kappa shape index (κ1) is 8.26. The second-order valence-electron chi connectivity index (χ2n) is 1.93. The van der Waals surface area contributed by atoms with Gasteiger partial charge in [-0.3, -0.25) is 0 Å². The molecule has 0 radical (unpaired) electrons. The molecule has 5 heteroatoms. The molecule has 1 aromatic rings. The van der Waals surface area contributed by atoms with Crippen molar-refractivity contribution in [2.24, 2.45) is 0 Å². The molecule has 0 aliphatic heterocycles. The highest BCUT2D eigenvalue weighted by atomic mass is 79.9. The van der Waals surface area contributed by atoms with E-state index in [1.165, 1.54) is 0 Å². The fourth-order valence-electron chi connectivity index (χ4n) is 0.665. The standard InChI is InChI=1S/C6H6BrNO3/c1-2-3-4(7)5(6(9)10)11-8-3/h2H2,1H3,(H,9,10). The minimum absolute atomic E-state index is 0.137. The molecular formula is C6H6BrNO3.